The second kappa shape index (κ2) is 10.1. The molecule has 3 aromatic rings. The molecule has 1 aliphatic heterocycles. The Morgan fingerprint density at radius 3 is 2.34 bits per heavy atom. The van der Waals surface area contributed by atoms with Crippen LogP contribution in [0, 0.1) is 11.3 Å². The summed E-state index contributed by atoms with van der Waals surface area (Å²) in [5.74, 6) is 1.34. The minimum Gasteiger partial charge on any atom is -0.497 e. The number of hydrogen-bond acceptors (Lipinski definition) is 8. The van der Waals surface area contributed by atoms with E-state index in [-0.39, 0.29) is 17.2 Å². The summed E-state index contributed by atoms with van der Waals surface area (Å²) >= 11 is 0. The molecule has 2 N–H and O–H groups in total. The van der Waals surface area contributed by atoms with Crippen LogP contribution in [-0.4, -0.2) is 26.8 Å². The highest BCUT2D eigenvalue weighted by Gasteiger charge is 2.33. The van der Waals surface area contributed by atoms with Crippen molar-refractivity contribution in [3.05, 3.63) is 88.8 Å². The van der Waals surface area contributed by atoms with Crippen LogP contribution in [0.25, 0.3) is 0 Å². The molecule has 1 atom stereocenters. The number of fused-ring (bicyclic) bond motifs is 1. The number of benzene rings is 3. The van der Waals surface area contributed by atoms with Crippen LogP contribution in [0.1, 0.15) is 34.3 Å². The van der Waals surface area contributed by atoms with Gasteiger partial charge in [-0.2, -0.15) is 5.26 Å². The minimum absolute atomic E-state index is 0.0372. The maximum absolute atomic E-state index is 12.6. The highest BCUT2D eigenvalue weighted by Crippen LogP contribution is 2.46. The molecule has 178 valence electrons. The lowest BCUT2D eigenvalue weighted by atomic mass is 9.83. The van der Waals surface area contributed by atoms with Crippen molar-refractivity contribution < 1.29 is 28.5 Å². The first-order chi connectivity index (χ1) is 17.0. The third-order valence-corrected chi connectivity index (χ3v) is 5.55. The van der Waals surface area contributed by atoms with E-state index >= 15 is 0 Å². The number of ether oxygens (including phenoxy) is 5. The molecule has 0 aromatic heterocycles. The smallest absolute Gasteiger partial charge is 0.343 e. The fourth-order valence-corrected chi connectivity index (χ4v) is 3.90. The van der Waals surface area contributed by atoms with Crippen molar-refractivity contribution in [2.24, 2.45) is 5.73 Å². The predicted octanol–water partition coefficient (Wildman–Crippen LogP) is 4.54. The number of esters is 1. The number of carbonyl (C=O) groups is 1. The number of nitriles is 1. The molecule has 0 aliphatic carbocycles. The summed E-state index contributed by atoms with van der Waals surface area (Å²) in [4.78, 5) is 12.6. The van der Waals surface area contributed by atoms with Gasteiger partial charge in [-0.25, -0.2) is 4.79 Å². The summed E-state index contributed by atoms with van der Waals surface area (Å²) in [5, 5.41) is 9.84. The van der Waals surface area contributed by atoms with Crippen molar-refractivity contribution in [1.29, 1.82) is 5.26 Å². The fourth-order valence-electron chi connectivity index (χ4n) is 3.90. The molecule has 1 heterocycles. The zero-order valence-electron chi connectivity index (χ0n) is 19.5. The molecule has 0 fully saturated rings. The Kier molecular flexibility index (Phi) is 6.78. The Morgan fingerprint density at radius 2 is 1.69 bits per heavy atom. The molecular weight excluding hydrogens is 448 g/mol. The van der Waals surface area contributed by atoms with Gasteiger partial charge in [-0.15, -0.1) is 0 Å². The Morgan fingerprint density at radius 1 is 0.971 bits per heavy atom. The molecule has 0 amide bonds. The zero-order chi connectivity index (χ0) is 24.9. The second-order valence-corrected chi connectivity index (χ2v) is 7.58. The number of nitrogens with two attached hydrogens (primary N) is 1. The van der Waals surface area contributed by atoms with Crippen molar-refractivity contribution in [3.8, 4) is 34.8 Å². The van der Waals surface area contributed by atoms with Gasteiger partial charge < -0.3 is 29.4 Å². The van der Waals surface area contributed by atoms with E-state index in [0.29, 0.717) is 46.3 Å². The van der Waals surface area contributed by atoms with Gasteiger partial charge in [0.15, 0.2) is 0 Å². The van der Waals surface area contributed by atoms with E-state index < -0.39 is 11.9 Å². The number of carbonyl (C=O) groups excluding carboxylic acids is 1. The number of methoxy groups -OCH3 is 2. The number of allylic oxidation sites excluding steroid dienone is 1. The Hall–Kier alpha value is -4.64. The lowest BCUT2D eigenvalue weighted by Gasteiger charge is -2.28. The van der Waals surface area contributed by atoms with Crippen LogP contribution >= 0.6 is 0 Å². The van der Waals surface area contributed by atoms with Gasteiger partial charge in [-0.05, 0) is 55.5 Å². The first kappa shape index (κ1) is 23.5. The molecule has 1 aliphatic rings. The van der Waals surface area contributed by atoms with E-state index in [4.69, 9.17) is 29.4 Å². The van der Waals surface area contributed by atoms with Crippen LogP contribution in [0.4, 0.5) is 0 Å². The van der Waals surface area contributed by atoms with Crippen molar-refractivity contribution in [2.45, 2.75) is 12.8 Å². The van der Waals surface area contributed by atoms with Gasteiger partial charge in [0.1, 0.15) is 40.4 Å². The molecule has 8 nitrogen and oxygen atoms in total. The third kappa shape index (κ3) is 4.70. The van der Waals surface area contributed by atoms with E-state index in [9.17, 15) is 10.1 Å². The summed E-state index contributed by atoms with van der Waals surface area (Å²) in [6, 6.07) is 19.1. The monoisotopic (exact) mass is 472 g/mol. The minimum atomic E-state index is -0.565. The summed E-state index contributed by atoms with van der Waals surface area (Å²) in [7, 11) is 3.11. The quantitative estimate of drug-likeness (QED) is 0.394. The second-order valence-electron chi connectivity index (χ2n) is 7.58. The molecule has 0 spiro atoms. The lowest BCUT2D eigenvalue weighted by molar-refractivity contribution is 0.0734. The third-order valence-electron chi connectivity index (χ3n) is 5.55. The topological polar surface area (TPSA) is 113 Å². The molecule has 8 heteroatoms. The molecule has 0 bridgehead atoms. The standard InChI is InChI=1S/C27H24N2O6/c1-4-33-17-7-5-16(6-8-17)27(30)34-19-9-11-20-24(14-19)35-26(29)22(15-28)25(20)21-13-18(31-2)10-12-23(21)32-3/h5-14,25H,4,29H2,1-3H3. The SMILES string of the molecule is CCOc1ccc(C(=O)Oc2ccc3c(c2)OC(N)=C(C#N)C3c2cc(OC)ccc2OC)cc1. The number of rotatable bonds is 7. The van der Waals surface area contributed by atoms with Crippen LogP contribution in [0.5, 0.6) is 28.7 Å². The van der Waals surface area contributed by atoms with Gasteiger partial charge in [0, 0.05) is 17.2 Å². The molecule has 35 heavy (non-hydrogen) atoms. The van der Waals surface area contributed by atoms with Gasteiger partial charge in [-0.3, -0.25) is 0 Å². The van der Waals surface area contributed by atoms with E-state index in [1.54, 1.807) is 74.9 Å². The summed E-state index contributed by atoms with van der Waals surface area (Å²) in [6.07, 6.45) is 0. The number of nitrogens with zero attached hydrogens (tertiary/aromatic N) is 1. The lowest BCUT2D eigenvalue weighted by Crippen LogP contribution is -2.21. The van der Waals surface area contributed by atoms with Crippen molar-refractivity contribution in [1.82, 2.24) is 0 Å². The van der Waals surface area contributed by atoms with Crippen LogP contribution in [0.2, 0.25) is 0 Å². The van der Waals surface area contributed by atoms with Crippen molar-refractivity contribution in [2.75, 3.05) is 20.8 Å². The van der Waals surface area contributed by atoms with Crippen molar-refractivity contribution >= 4 is 5.97 Å². The number of hydrogen-bond donors (Lipinski definition) is 1. The first-order valence-electron chi connectivity index (χ1n) is 10.9. The summed E-state index contributed by atoms with van der Waals surface area (Å²) in [6.45, 7) is 2.42. The largest absolute Gasteiger partial charge is 0.497 e. The average molecular weight is 472 g/mol. The maximum Gasteiger partial charge on any atom is 0.343 e. The van der Waals surface area contributed by atoms with Crippen molar-refractivity contribution in [3.63, 3.8) is 0 Å². The van der Waals surface area contributed by atoms with Crippen LogP contribution in [-0.2, 0) is 0 Å². The van der Waals surface area contributed by atoms with Gasteiger partial charge in [0.25, 0.3) is 0 Å². The average Bonchev–Trinajstić information content (AvgIpc) is 2.88. The van der Waals surface area contributed by atoms with Gasteiger partial charge >= 0.3 is 5.97 Å². The highest BCUT2D eigenvalue weighted by molar-refractivity contribution is 5.91. The van der Waals surface area contributed by atoms with Gasteiger partial charge in [-0.1, -0.05) is 6.07 Å². The van der Waals surface area contributed by atoms with E-state index in [1.165, 1.54) is 0 Å². The van der Waals surface area contributed by atoms with E-state index in [1.807, 2.05) is 6.92 Å². The molecular formula is C27H24N2O6. The van der Waals surface area contributed by atoms with E-state index in [0.717, 1.165) is 0 Å². The summed E-state index contributed by atoms with van der Waals surface area (Å²) < 4.78 is 27.6. The Bertz CT molecular complexity index is 1320. The maximum atomic E-state index is 12.6. The van der Waals surface area contributed by atoms with Gasteiger partial charge in [0.2, 0.25) is 5.88 Å². The Labute approximate surface area is 203 Å². The normalized spacial score (nSPS) is 14.3. The Balaban J connectivity index is 1.68. The highest BCUT2D eigenvalue weighted by atomic mass is 16.5. The van der Waals surface area contributed by atoms with E-state index in [2.05, 4.69) is 6.07 Å². The molecule has 4 rings (SSSR count). The molecule has 1 unspecified atom stereocenters. The fraction of sp³-hybridized carbons (Fsp3) is 0.185. The summed E-state index contributed by atoms with van der Waals surface area (Å²) in [5.41, 5.74) is 8.09. The molecule has 0 radical (unpaired) electrons. The molecule has 0 saturated carbocycles. The molecule has 0 saturated heterocycles. The van der Waals surface area contributed by atoms with Crippen LogP contribution in [0.15, 0.2) is 72.1 Å². The van der Waals surface area contributed by atoms with Gasteiger partial charge in [0.05, 0.1) is 32.3 Å². The molecule has 3 aromatic carbocycles. The van der Waals surface area contributed by atoms with Crippen LogP contribution < -0.4 is 29.4 Å². The first-order valence-corrected chi connectivity index (χ1v) is 10.9. The van der Waals surface area contributed by atoms with Crippen LogP contribution in [0.3, 0.4) is 0 Å². The zero-order valence-corrected chi connectivity index (χ0v) is 19.5. The predicted molar refractivity (Wildman–Crippen MR) is 128 cm³/mol.